The summed E-state index contributed by atoms with van der Waals surface area (Å²) in [5.41, 5.74) is 0. The second kappa shape index (κ2) is 6.11. The van der Waals surface area contributed by atoms with Gasteiger partial charge in [-0.25, -0.2) is 4.79 Å². The fourth-order valence-corrected chi connectivity index (χ4v) is 2.73. The Morgan fingerprint density at radius 1 is 1.32 bits per heavy atom. The van der Waals surface area contributed by atoms with Crippen LogP contribution in [0, 0.1) is 0 Å². The van der Waals surface area contributed by atoms with Gasteiger partial charge in [-0.05, 0) is 25.1 Å². The summed E-state index contributed by atoms with van der Waals surface area (Å²) in [6.45, 7) is 13.4. The van der Waals surface area contributed by atoms with Gasteiger partial charge in [0, 0.05) is 0 Å². The smallest absolute Gasteiger partial charge is 0.369 e. The average Bonchev–Trinajstić information content (AvgIpc) is 2.74. The highest BCUT2D eigenvalue weighted by molar-refractivity contribution is 7.13. The molecule has 1 aromatic heterocycles. The van der Waals surface area contributed by atoms with E-state index in [2.05, 4.69) is 44.1 Å². The van der Waals surface area contributed by atoms with E-state index in [0.29, 0.717) is 18.2 Å². The molecule has 0 atom stereocenters. The third-order valence-electron chi connectivity index (χ3n) is 3.28. The molecule has 0 aliphatic carbocycles. The zero-order valence-electron chi connectivity index (χ0n) is 12.4. The molecule has 0 N–H and O–H groups in total. The van der Waals surface area contributed by atoms with E-state index in [-0.39, 0.29) is 10.0 Å². The van der Waals surface area contributed by atoms with Crippen molar-refractivity contribution in [3.8, 4) is 0 Å². The first-order chi connectivity index (χ1) is 8.67. The largest absolute Gasteiger partial charge is 0.461 e. The third-order valence-corrected chi connectivity index (χ3v) is 8.63. The minimum atomic E-state index is -1.80. The van der Waals surface area contributed by atoms with Crippen molar-refractivity contribution in [1.29, 1.82) is 0 Å². The minimum absolute atomic E-state index is 0.154. The number of carbonyl (C=O) groups is 1. The Hall–Kier alpha value is -0.793. The van der Waals surface area contributed by atoms with Crippen molar-refractivity contribution in [2.45, 2.75) is 52.4 Å². The van der Waals surface area contributed by atoms with Gasteiger partial charge in [0.1, 0.15) is 5.01 Å². The van der Waals surface area contributed by atoms with E-state index in [0.717, 1.165) is 0 Å². The molecule has 1 heterocycles. The lowest BCUT2D eigenvalue weighted by Crippen LogP contribution is -2.40. The predicted molar refractivity (Wildman–Crippen MR) is 77.9 cm³/mol. The molecule has 5 nitrogen and oxygen atoms in total. The first-order valence-corrected chi connectivity index (χ1v) is 10.0. The van der Waals surface area contributed by atoms with Crippen molar-refractivity contribution in [1.82, 2.24) is 10.2 Å². The molecule has 0 saturated carbocycles. The van der Waals surface area contributed by atoms with Gasteiger partial charge >= 0.3 is 5.97 Å². The van der Waals surface area contributed by atoms with Gasteiger partial charge in [0.15, 0.2) is 8.32 Å². The molecule has 19 heavy (non-hydrogen) atoms. The molecule has 0 unspecified atom stereocenters. The van der Waals surface area contributed by atoms with E-state index in [4.69, 9.17) is 9.16 Å². The maximum absolute atomic E-state index is 11.5. The van der Waals surface area contributed by atoms with Crippen LogP contribution in [0.1, 0.15) is 42.5 Å². The number of ether oxygens (including phenoxy) is 1. The van der Waals surface area contributed by atoms with Gasteiger partial charge in [0.25, 0.3) is 0 Å². The van der Waals surface area contributed by atoms with Crippen molar-refractivity contribution in [2.24, 2.45) is 0 Å². The number of hydrogen-bond donors (Lipinski definition) is 0. The number of carbonyl (C=O) groups excluding carboxylic acids is 1. The number of nitrogens with zero attached hydrogens (tertiary/aromatic N) is 2. The molecule has 0 saturated heterocycles. The lowest BCUT2D eigenvalue weighted by atomic mass is 10.2. The summed E-state index contributed by atoms with van der Waals surface area (Å²) < 4.78 is 10.9. The zero-order chi connectivity index (χ0) is 14.7. The minimum Gasteiger partial charge on any atom is -0.461 e. The Morgan fingerprint density at radius 3 is 2.47 bits per heavy atom. The fraction of sp³-hybridized carbons (Fsp3) is 0.750. The number of aromatic nitrogens is 2. The van der Waals surface area contributed by atoms with Gasteiger partial charge in [0.05, 0.1) is 13.2 Å². The molecular weight excluding hydrogens is 280 g/mol. The van der Waals surface area contributed by atoms with E-state index >= 15 is 0 Å². The highest BCUT2D eigenvalue weighted by atomic mass is 32.1. The van der Waals surface area contributed by atoms with Gasteiger partial charge in [-0.3, -0.25) is 0 Å². The maximum atomic E-state index is 11.5. The second-order valence-corrected chi connectivity index (χ2v) is 11.6. The molecule has 0 amide bonds. The van der Waals surface area contributed by atoms with Crippen LogP contribution < -0.4 is 0 Å². The molecule has 0 bridgehead atoms. The summed E-state index contributed by atoms with van der Waals surface area (Å²) >= 11 is 1.23. The van der Waals surface area contributed by atoms with Crippen LogP contribution in [0.3, 0.4) is 0 Å². The third kappa shape index (κ3) is 4.36. The van der Waals surface area contributed by atoms with E-state index in [9.17, 15) is 4.79 Å². The fourth-order valence-electron chi connectivity index (χ4n) is 1.05. The van der Waals surface area contributed by atoms with Crippen molar-refractivity contribution in [3.63, 3.8) is 0 Å². The quantitative estimate of drug-likeness (QED) is 0.617. The predicted octanol–water partition coefficient (Wildman–Crippen LogP) is 3.24. The van der Waals surface area contributed by atoms with Gasteiger partial charge in [-0.15, -0.1) is 10.2 Å². The van der Waals surface area contributed by atoms with Crippen LogP contribution in [0.5, 0.6) is 0 Å². The summed E-state index contributed by atoms with van der Waals surface area (Å²) in [5, 5.41) is 8.95. The lowest BCUT2D eigenvalue weighted by molar-refractivity contribution is 0.0525. The molecule has 0 fully saturated rings. The number of rotatable bonds is 5. The van der Waals surface area contributed by atoms with Crippen molar-refractivity contribution in [3.05, 3.63) is 10.0 Å². The van der Waals surface area contributed by atoms with Crippen LogP contribution >= 0.6 is 11.3 Å². The van der Waals surface area contributed by atoms with Gasteiger partial charge < -0.3 is 9.16 Å². The van der Waals surface area contributed by atoms with E-state index < -0.39 is 14.3 Å². The Kier molecular flexibility index (Phi) is 5.23. The molecule has 7 heteroatoms. The highest BCUT2D eigenvalue weighted by Gasteiger charge is 2.37. The lowest BCUT2D eigenvalue weighted by Gasteiger charge is -2.35. The summed E-state index contributed by atoms with van der Waals surface area (Å²) in [5.74, 6) is -0.418. The van der Waals surface area contributed by atoms with Crippen LogP contribution in [-0.4, -0.2) is 31.1 Å². The summed E-state index contributed by atoms with van der Waals surface area (Å²) in [7, 11) is -1.80. The Balaban J connectivity index is 2.63. The second-order valence-electron chi connectivity index (χ2n) is 5.77. The highest BCUT2D eigenvalue weighted by Crippen LogP contribution is 2.37. The SMILES string of the molecule is CCOC(=O)c1nnc(CO[Si](C)(C)C(C)(C)C)s1. The molecule has 0 aromatic carbocycles. The standard InChI is InChI=1S/C12H22N2O3SSi/c1-7-16-11(15)10-14-13-9(18-10)8-17-19(5,6)12(2,3)4/h7-8H2,1-6H3. The summed E-state index contributed by atoms with van der Waals surface area (Å²) in [4.78, 5) is 11.5. The van der Waals surface area contributed by atoms with E-state index in [1.165, 1.54) is 11.3 Å². The van der Waals surface area contributed by atoms with Gasteiger partial charge in [0.2, 0.25) is 5.01 Å². The van der Waals surface area contributed by atoms with Crippen LogP contribution in [0.15, 0.2) is 0 Å². The van der Waals surface area contributed by atoms with Crippen molar-refractivity contribution >= 4 is 25.6 Å². The monoisotopic (exact) mass is 302 g/mol. The van der Waals surface area contributed by atoms with Crippen molar-refractivity contribution < 1.29 is 14.0 Å². The maximum Gasteiger partial charge on any atom is 0.369 e. The summed E-state index contributed by atoms with van der Waals surface area (Å²) in [6.07, 6.45) is 0. The van der Waals surface area contributed by atoms with E-state index in [1.54, 1.807) is 6.92 Å². The molecular formula is C12H22N2O3SSi. The molecule has 1 aromatic rings. The number of esters is 1. The van der Waals surface area contributed by atoms with Gasteiger partial charge in [-0.1, -0.05) is 32.1 Å². The van der Waals surface area contributed by atoms with Crippen LogP contribution in [0.2, 0.25) is 18.1 Å². The van der Waals surface area contributed by atoms with Gasteiger partial charge in [-0.2, -0.15) is 0 Å². The van der Waals surface area contributed by atoms with Crippen LogP contribution in [0.4, 0.5) is 0 Å². The van der Waals surface area contributed by atoms with Crippen molar-refractivity contribution in [2.75, 3.05) is 6.61 Å². The average molecular weight is 302 g/mol. The Morgan fingerprint density at radius 2 is 1.95 bits per heavy atom. The zero-order valence-corrected chi connectivity index (χ0v) is 14.3. The normalized spacial score (nSPS) is 12.5. The van der Waals surface area contributed by atoms with Crippen LogP contribution in [0.25, 0.3) is 0 Å². The topological polar surface area (TPSA) is 61.3 Å². The number of hydrogen-bond acceptors (Lipinski definition) is 6. The Labute approximate surface area is 119 Å². The van der Waals surface area contributed by atoms with Crippen LogP contribution in [-0.2, 0) is 15.8 Å². The Bertz CT molecular complexity index is 440. The van der Waals surface area contributed by atoms with E-state index in [1.807, 2.05) is 0 Å². The molecule has 0 aliphatic rings. The molecule has 0 spiro atoms. The first kappa shape index (κ1) is 16.3. The molecule has 108 valence electrons. The molecule has 1 rings (SSSR count). The first-order valence-electron chi connectivity index (χ1n) is 6.31. The summed E-state index contributed by atoms with van der Waals surface area (Å²) in [6, 6.07) is 0. The molecule has 0 aliphatic heterocycles. The molecule has 0 radical (unpaired) electrons.